The number of anilines is 1. The van der Waals surface area contributed by atoms with Gasteiger partial charge in [0, 0.05) is 50.1 Å². The summed E-state index contributed by atoms with van der Waals surface area (Å²) >= 11 is 1.63. The van der Waals surface area contributed by atoms with Gasteiger partial charge in [-0.05, 0) is 5.41 Å². The minimum absolute atomic E-state index is 0.192. The van der Waals surface area contributed by atoms with Gasteiger partial charge in [-0.3, -0.25) is 9.79 Å². The summed E-state index contributed by atoms with van der Waals surface area (Å²) in [7, 11) is 0. The number of hydrogen-bond donors (Lipinski definition) is 0. The van der Waals surface area contributed by atoms with Crippen molar-refractivity contribution in [1.29, 1.82) is 0 Å². The van der Waals surface area contributed by atoms with Crippen molar-refractivity contribution in [2.75, 3.05) is 44.2 Å². The molecule has 5 rings (SSSR count). The number of piperazine rings is 1. The van der Waals surface area contributed by atoms with Crippen LogP contribution in [0.3, 0.4) is 0 Å². The van der Waals surface area contributed by atoms with Crippen LogP contribution in [0.4, 0.5) is 5.82 Å². The number of amidine groups is 1. The summed E-state index contributed by atoms with van der Waals surface area (Å²) in [5.41, 5.74) is 3.09. The van der Waals surface area contributed by atoms with E-state index in [4.69, 9.17) is 0 Å². The van der Waals surface area contributed by atoms with E-state index in [2.05, 4.69) is 42.3 Å². The van der Waals surface area contributed by atoms with Gasteiger partial charge in [-0.1, -0.05) is 42.1 Å². The first-order valence-electron chi connectivity index (χ1n) is 9.86. The Bertz CT molecular complexity index is 968. The number of amides is 1. The van der Waals surface area contributed by atoms with Gasteiger partial charge in [0.1, 0.15) is 12.1 Å². The number of carbonyl (C=O) groups is 1. The Morgan fingerprint density at radius 3 is 2.69 bits per heavy atom. The number of hydrogen-bond acceptors (Lipinski definition) is 7. The fourth-order valence-corrected chi connectivity index (χ4v) is 4.81. The molecule has 2 aromatic rings. The molecule has 0 atom stereocenters. The summed E-state index contributed by atoms with van der Waals surface area (Å²) in [6.07, 6.45) is 2.08. The Morgan fingerprint density at radius 2 is 1.86 bits per heavy atom. The highest BCUT2D eigenvalue weighted by atomic mass is 32.2. The van der Waals surface area contributed by atoms with Crippen molar-refractivity contribution in [3.63, 3.8) is 0 Å². The molecular formula is C21H22N6OS. The highest BCUT2D eigenvalue weighted by Crippen LogP contribution is 2.31. The maximum Gasteiger partial charge on any atom is 0.228 e. The van der Waals surface area contributed by atoms with Crippen LogP contribution in [0.2, 0.25) is 0 Å². The molecule has 0 unspecified atom stereocenters. The third-order valence-corrected chi connectivity index (χ3v) is 6.41. The molecule has 148 valence electrons. The summed E-state index contributed by atoms with van der Waals surface area (Å²) in [4.78, 5) is 32.5. The van der Waals surface area contributed by atoms with Crippen LogP contribution < -0.4 is 4.90 Å². The van der Waals surface area contributed by atoms with Crippen molar-refractivity contribution in [1.82, 2.24) is 19.8 Å². The molecule has 0 bridgehead atoms. The Balaban J connectivity index is 1.20. The zero-order valence-corrected chi connectivity index (χ0v) is 16.9. The number of rotatable bonds is 4. The van der Waals surface area contributed by atoms with Gasteiger partial charge in [-0.2, -0.15) is 0 Å². The molecule has 1 amide bonds. The summed E-state index contributed by atoms with van der Waals surface area (Å²) in [6, 6.07) is 12.2. The third kappa shape index (κ3) is 3.72. The van der Waals surface area contributed by atoms with Gasteiger partial charge in [0.15, 0.2) is 5.17 Å². The van der Waals surface area contributed by atoms with Crippen LogP contribution in [0.1, 0.15) is 6.42 Å². The van der Waals surface area contributed by atoms with E-state index >= 15 is 0 Å². The SMILES string of the molecule is O=C(CC1=CSC2=NCCN12)N1CCN(c2cc(-c3ccccc3)ncn2)CC1. The second-order valence-electron chi connectivity index (χ2n) is 7.22. The summed E-state index contributed by atoms with van der Waals surface area (Å²) in [5.74, 6) is 1.11. The molecule has 1 saturated heterocycles. The van der Waals surface area contributed by atoms with Crippen LogP contribution in [0.25, 0.3) is 11.3 Å². The van der Waals surface area contributed by atoms with E-state index in [1.807, 2.05) is 29.2 Å². The first-order valence-corrected chi connectivity index (χ1v) is 10.7. The maximum atomic E-state index is 12.8. The van der Waals surface area contributed by atoms with E-state index < -0.39 is 0 Å². The monoisotopic (exact) mass is 406 g/mol. The maximum absolute atomic E-state index is 12.8. The highest BCUT2D eigenvalue weighted by molar-refractivity contribution is 8.16. The Morgan fingerprint density at radius 1 is 1.03 bits per heavy atom. The van der Waals surface area contributed by atoms with Gasteiger partial charge < -0.3 is 14.7 Å². The van der Waals surface area contributed by atoms with E-state index in [1.165, 1.54) is 0 Å². The van der Waals surface area contributed by atoms with Gasteiger partial charge >= 0.3 is 0 Å². The molecule has 8 heteroatoms. The van der Waals surface area contributed by atoms with E-state index in [-0.39, 0.29) is 5.91 Å². The van der Waals surface area contributed by atoms with Crippen LogP contribution in [-0.4, -0.2) is 70.1 Å². The molecule has 0 spiro atoms. The van der Waals surface area contributed by atoms with E-state index in [9.17, 15) is 4.79 Å². The number of fused-ring (bicyclic) bond motifs is 1. The summed E-state index contributed by atoms with van der Waals surface area (Å²) in [5, 5.41) is 3.11. The molecule has 29 heavy (non-hydrogen) atoms. The van der Waals surface area contributed by atoms with Crippen molar-refractivity contribution < 1.29 is 4.79 Å². The van der Waals surface area contributed by atoms with Crippen LogP contribution in [0.15, 0.2) is 58.8 Å². The van der Waals surface area contributed by atoms with Crippen LogP contribution >= 0.6 is 11.8 Å². The quantitative estimate of drug-likeness (QED) is 0.777. The van der Waals surface area contributed by atoms with Gasteiger partial charge in [0.2, 0.25) is 5.91 Å². The largest absolute Gasteiger partial charge is 0.353 e. The van der Waals surface area contributed by atoms with Crippen LogP contribution in [-0.2, 0) is 4.79 Å². The Hall–Kier alpha value is -2.87. The summed E-state index contributed by atoms with van der Waals surface area (Å²) in [6.45, 7) is 4.71. The molecule has 1 fully saturated rings. The zero-order chi connectivity index (χ0) is 19.6. The molecule has 3 aliphatic rings. The standard InChI is InChI=1S/C21H22N6OS/c28-20(12-17-14-29-21-22-6-7-27(17)21)26-10-8-25(9-11-26)19-13-18(23-15-24-19)16-4-2-1-3-5-16/h1-5,13-15H,6-12H2. The number of nitrogens with zero attached hydrogens (tertiary/aromatic N) is 6. The average Bonchev–Trinajstić information content (AvgIpc) is 3.40. The minimum atomic E-state index is 0.192. The van der Waals surface area contributed by atoms with Crippen molar-refractivity contribution in [2.45, 2.75) is 6.42 Å². The molecule has 4 heterocycles. The van der Waals surface area contributed by atoms with Crippen molar-refractivity contribution in [2.24, 2.45) is 4.99 Å². The summed E-state index contributed by atoms with van der Waals surface area (Å²) < 4.78 is 0. The molecule has 0 aliphatic carbocycles. The molecule has 0 N–H and O–H groups in total. The van der Waals surface area contributed by atoms with Crippen LogP contribution in [0.5, 0.6) is 0 Å². The first kappa shape index (κ1) is 18.2. The number of aromatic nitrogens is 2. The second-order valence-corrected chi connectivity index (χ2v) is 8.05. The highest BCUT2D eigenvalue weighted by Gasteiger charge is 2.29. The number of carbonyl (C=O) groups excluding carboxylic acids is 1. The molecule has 0 saturated carbocycles. The molecular weight excluding hydrogens is 384 g/mol. The first-order chi connectivity index (χ1) is 14.3. The van der Waals surface area contributed by atoms with E-state index in [0.717, 1.165) is 54.1 Å². The van der Waals surface area contributed by atoms with Crippen molar-refractivity contribution in [3.8, 4) is 11.3 Å². The normalized spacial score (nSPS) is 18.6. The lowest BCUT2D eigenvalue weighted by molar-refractivity contribution is -0.130. The number of thioether (sulfide) groups is 1. The van der Waals surface area contributed by atoms with Gasteiger partial charge in [-0.25, -0.2) is 9.97 Å². The smallest absolute Gasteiger partial charge is 0.228 e. The third-order valence-electron chi connectivity index (χ3n) is 5.46. The van der Waals surface area contributed by atoms with Crippen molar-refractivity contribution in [3.05, 3.63) is 53.8 Å². The Kier molecular flexibility index (Phi) is 4.93. The lowest BCUT2D eigenvalue weighted by Crippen LogP contribution is -2.49. The fourth-order valence-electron chi connectivity index (χ4n) is 3.85. The topological polar surface area (TPSA) is 64.9 Å². The fraction of sp³-hybridized carbons (Fsp3) is 0.333. The molecule has 7 nitrogen and oxygen atoms in total. The Labute approximate surface area is 174 Å². The molecule has 0 radical (unpaired) electrons. The van der Waals surface area contributed by atoms with E-state index in [1.54, 1.807) is 18.1 Å². The average molecular weight is 407 g/mol. The molecule has 1 aromatic heterocycles. The number of benzene rings is 1. The lowest BCUT2D eigenvalue weighted by Gasteiger charge is -2.35. The minimum Gasteiger partial charge on any atom is -0.353 e. The van der Waals surface area contributed by atoms with Crippen molar-refractivity contribution >= 4 is 28.7 Å². The van der Waals surface area contributed by atoms with Gasteiger partial charge in [-0.15, -0.1) is 0 Å². The van der Waals surface area contributed by atoms with Gasteiger partial charge in [0.25, 0.3) is 0 Å². The molecule has 1 aromatic carbocycles. The predicted molar refractivity (Wildman–Crippen MR) is 116 cm³/mol. The van der Waals surface area contributed by atoms with Gasteiger partial charge in [0.05, 0.1) is 18.7 Å². The lowest BCUT2D eigenvalue weighted by atomic mass is 10.1. The second kappa shape index (κ2) is 7.87. The molecule has 3 aliphatic heterocycles. The predicted octanol–water partition coefficient (Wildman–Crippen LogP) is 2.44. The number of aliphatic imine (C=N–C) groups is 1. The zero-order valence-electron chi connectivity index (χ0n) is 16.1. The van der Waals surface area contributed by atoms with Crippen LogP contribution in [0, 0.1) is 0 Å². The van der Waals surface area contributed by atoms with E-state index in [0.29, 0.717) is 19.5 Å².